The summed E-state index contributed by atoms with van der Waals surface area (Å²) in [5.41, 5.74) is 0.997. The zero-order valence-corrected chi connectivity index (χ0v) is 15.8. The normalized spacial score (nSPS) is 16.5. The standard InChI is InChI=1S/C18H31N5O2/c1-14(2)16(23-8-10-25-11-9-23)13-21-18(24)20-12-15-6-5-7-19-17(15)22(3)4/h5-7,14,16H,8-13H2,1-4H3,(H2,20,21,24)/t16-/m0/s1. The van der Waals surface area contributed by atoms with Gasteiger partial charge in [0.15, 0.2) is 0 Å². The Bertz CT molecular complexity index is 544. The quantitative estimate of drug-likeness (QED) is 0.777. The van der Waals surface area contributed by atoms with Crippen molar-refractivity contribution in [2.75, 3.05) is 51.8 Å². The van der Waals surface area contributed by atoms with E-state index in [1.165, 1.54) is 0 Å². The Kier molecular flexibility index (Phi) is 7.46. The van der Waals surface area contributed by atoms with Crippen LogP contribution in [0.25, 0.3) is 0 Å². The van der Waals surface area contributed by atoms with Gasteiger partial charge in [-0.25, -0.2) is 9.78 Å². The van der Waals surface area contributed by atoms with Crippen molar-refractivity contribution in [3.63, 3.8) is 0 Å². The summed E-state index contributed by atoms with van der Waals surface area (Å²) in [6, 6.07) is 4.04. The predicted molar refractivity (Wildman–Crippen MR) is 99.8 cm³/mol. The number of hydrogen-bond donors (Lipinski definition) is 2. The fourth-order valence-corrected chi connectivity index (χ4v) is 3.10. The van der Waals surface area contributed by atoms with Gasteiger partial charge in [-0.05, 0) is 12.0 Å². The lowest BCUT2D eigenvalue weighted by molar-refractivity contribution is 0.00719. The topological polar surface area (TPSA) is 69.7 Å². The molecule has 0 unspecified atom stereocenters. The van der Waals surface area contributed by atoms with Gasteiger partial charge < -0.3 is 20.3 Å². The zero-order valence-electron chi connectivity index (χ0n) is 15.8. The van der Waals surface area contributed by atoms with Gasteiger partial charge in [0.05, 0.1) is 13.2 Å². The fourth-order valence-electron chi connectivity index (χ4n) is 3.10. The van der Waals surface area contributed by atoms with Gasteiger partial charge in [-0.2, -0.15) is 0 Å². The second kappa shape index (κ2) is 9.58. The van der Waals surface area contributed by atoms with Gasteiger partial charge in [0.25, 0.3) is 0 Å². The maximum Gasteiger partial charge on any atom is 0.315 e. The highest BCUT2D eigenvalue weighted by Gasteiger charge is 2.24. The van der Waals surface area contributed by atoms with Crippen molar-refractivity contribution in [3.8, 4) is 0 Å². The molecule has 2 rings (SSSR count). The SMILES string of the molecule is CC(C)[C@H](CNC(=O)NCc1cccnc1N(C)C)N1CCOCC1. The third-order valence-electron chi connectivity index (χ3n) is 4.49. The van der Waals surface area contributed by atoms with Gasteiger partial charge in [-0.15, -0.1) is 0 Å². The number of pyridine rings is 1. The molecule has 25 heavy (non-hydrogen) atoms. The third-order valence-corrected chi connectivity index (χ3v) is 4.49. The van der Waals surface area contributed by atoms with E-state index in [2.05, 4.69) is 34.4 Å². The van der Waals surface area contributed by atoms with E-state index < -0.39 is 0 Å². The van der Waals surface area contributed by atoms with Crippen LogP contribution in [0.5, 0.6) is 0 Å². The van der Waals surface area contributed by atoms with Gasteiger partial charge in [0, 0.05) is 58.1 Å². The molecule has 0 radical (unpaired) electrons. The molecule has 1 fully saturated rings. The van der Waals surface area contributed by atoms with Crippen LogP contribution in [0.3, 0.4) is 0 Å². The highest BCUT2D eigenvalue weighted by molar-refractivity contribution is 5.74. The lowest BCUT2D eigenvalue weighted by atomic mass is 10.0. The monoisotopic (exact) mass is 349 g/mol. The molecule has 2 N–H and O–H groups in total. The van der Waals surface area contributed by atoms with Crippen LogP contribution in [-0.2, 0) is 11.3 Å². The Morgan fingerprint density at radius 2 is 2.04 bits per heavy atom. The third kappa shape index (κ3) is 5.86. The average molecular weight is 349 g/mol. The second-order valence-electron chi connectivity index (χ2n) is 6.90. The summed E-state index contributed by atoms with van der Waals surface area (Å²) in [6.45, 7) is 8.86. The van der Waals surface area contributed by atoms with Crippen LogP contribution >= 0.6 is 0 Å². The second-order valence-corrected chi connectivity index (χ2v) is 6.90. The molecule has 7 nitrogen and oxygen atoms in total. The molecule has 0 aromatic carbocycles. The Balaban J connectivity index is 1.83. The predicted octanol–water partition coefficient (Wildman–Crippen LogP) is 1.30. The Morgan fingerprint density at radius 3 is 2.68 bits per heavy atom. The average Bonchev–Trinajstić information content (AvgIpc) is 2.61. The number of nitrogens with zero attached hydrogens (tertiary/aromatic N) is 3. The highest BCUT2D eigenvalue weighted by atomic mass is 16.5. The number of ether oxygens (including phenoxy) is 1. The van der Waals surface area contributed by atoms with Crippen LogP contribution in [0.15, 0.2) is 18.3 Å². The van der Waals surface area contributed by atoms with E-state index in [0.717, 1.165) is 37.7 Å². The Hall–Kier alpha value is -1.86. The van der Waals surface area contributed by atoms with E-state index in [9.17, 15) is 4.79 Å². The molecule has 2 heterocycles. The van der Waals surface area contributed by atoms with Crippen molar-refractivity contribution >= 4 is 11.8 Å². The first kappa shape index (κ1) is 19.5. The number of nitrogens with one attached hydrogen (secondary N) is 2. The molecule has 0 spiro atoms. The highest BCUT2D eigenvalue weighted by Crippen LogP contribution is 2.14. The van der Waals surface area contributed by atoms with Crippen molar-refractivity contribution in [3.05, 3.63) is 23.9 Å². The first-order valence-corrected chi connectivity index (χ1v) is 8.93. The molecule has 0 bridgehead atoms. The number of rotatable bonds is 7. The van der Waals surface area contributed by atoms with Crippen LogP contribution < -0.4 is 15.5 Å². The maximum atomic E-state index is 12.2. The number of carbonyl (C=O) groups is 1. The molecule has 1 atom stereocenters. The molecule has 1 aliphatic rings. The molecule has 1 aromatic rings. The Labute approximate surface area is 150 Å². The van der Waals surface area contributed by atoms with E-state index in [4.69, 9.17) is 4.74 Å². The van der Waals surface area contributed by atoms with Crippen LogP contribution in [0.4, 0.5) is 10.6 Å². The molecule has 0 aliphatic carbocycles. The van der Waals surface area contributed by atoms with Crippen LogP contribution in [0, 0.1) is 5.92 Å². The van der Waals surface area contributed by atoms with E-state index in [-0.39, 0.29) is 6.03 Å². The summed E-state index contributed by atoms with van der Waals surface area (Å²) in [5, 5.41) is 5.95. The van der Waals surface area contributed by atoms with Gasteiger partial charge >= 0.3 is 6.03 Å². The van der Waals surface area contributed by atoms with Gasteiger partial charge in [0.2, 0.25) is 0 Å². The molecule has 1 aromatic heterocycles. The van der Waals surface area contributed by atoms with Gasteiger partial charge in [0.1, 0.15) is 5.82 Å². The van der Waals surface area contributed by atoms with Crippen molar-refractivity contribution in [1.82, 2.24) is 20.5 Å². The lowest BCUT2D eigenvalue weighted by Crippen LogP contribution is -2.52. The Morgan fingerprint density at radius 1 is 1.32 bits per heavy atom. The van der Waals surface area contributed by atoms with E-state index in [1.54, 1.807) is 6.20 Å². The minimum atomic E-state index is -0.146. The van der Waals surface area contributed by atoms with E-state index >= 15 is 0 Å². The molecule has 1 aliphatic heterocycles. The number of amides is 2. The van der Waals surface area contributed by atoms with Crippen molar-refractivity contribution in [2.45, 2.75) is 26.4 Å². The summed E-state index contributed by atoms with van der Waals surface area (Å²) in [5.74, 6) is 1.34. The molecule has 1 saturated heterocycles. The summed E-state index contributed by atoms with van der Waals surface area (Å²) >= 11 is 0. The lowest BCUT2D eigenvalue weighted by Gasteiger charge is -2.36. The maximum absolute atomic E-state index is 12.2. The summed E-state index contributed by atoms with van der Waals surface area (Å²) < 4.78 is 5.42. The van der Waals surface area contributed by atoms with Crippen molar-refractivity contribution in [1.29, 1.82) is 0 Å². The molecule has 140 valence electrons. The largest absolute Gasteiger partial charge is 0.379 e. The number of aromatic nitrogens is 1. The first-order chi connectivity index (χ1) is 12.0. The smallest absolute Gasteiger partial charge is 0.315 e. The van der Waals surface area contributed by atoms with Crippen molar-refractivity contribution < 1.29 is 9.53 Å². The van der Waals surface area contributed by atoms with Crippen LogP contribution in [0.2, 0.25) is 0 Å². The minimum absolute atomic E-state index is 0.146. The summed E-state index contributed by atoms with van der Waals surface area (Å²) in [7, 11) is 3.89. The van der Waals surface area contributed by atoms with Crippen LogP contribution in [-0.4, -0.2) is 68.9 Å². The zero-order chi connectivity index (χ0) is 18.2. The van der Waals surface area contributed by atoms with Gasteiger partial charge in [-0.3, -0.25) is 4.90 Å². The fraction of sp³-hybridized carbons (Fsp3) is 0.667. The number of anilines is 1. The number of carbonyl (C=O) groups excluding carboxylic acids is 1. The first-order valence-electron chi connectivity index (χ1n) is 8.93. The molecular formula is C18H31N5O2. The summed E-state index contributed by atoms with van der Waals surface area (Å²) in [6.07, 6.45) is 1.76. The molecule has 7 heteroatoms. The van der Waals surface area contributed by atoms with Crippen molar-refractivity contribution in [2.24, 2.45) is 5.92 Å². The molecule has 2 amide bonds. The molecule has 0 saturated carbocycles. The molecular weight excluding hydrogens is 318 g/mol. The number of urea groups is 1. The number of hydrogen-bond acceptors (Lipinski definition) is 5. The van der Waals surface area contributed by atoms with E-state index in [1.807, 2.05) is 31.1 Å². The van der Waals surface area contributed by atoms with Crippen LogP contribution in [0.1, 0.15) is 19.4 Å². The summed E-state index contributed by atoms with van der Waals surface area (Å²) in [4.78, 5) is 20.9. The number of morpholine rings is 1. The minimum Gasteiger partial charge on any atom is -0.379 e. The van der Waals surface area contributed by atoms with E-state index in [0.29, 0.717) is 25.0 Å². The van der Waals surface area contributed by atoms with Gasteiger partial charge in [-0.1, -0.05) is 19.9 Å².